The predicted octanol–water partition coefficient (Wildman–Crippen LogP) is 3.13. The molecule has 0 amide bonds. The Bertz CT molecular complexity index is 451. The second-order valence-electron chi connectivity index (χ2n) is 3.37. The molecule has 0 bridgehead atoms. The first-order valence-corrected chi connectivity index (χ1v) is 5.24. The fourth-order valence-corrected chi connectivity index (χ4v) is 1.79. The molecule has 0 saturated carbocycles. The summed E-state index contributed by atoms with van der Waals surface area (Å²) < 4.78 is 0. The Morgan fingerprint density at radius 2 is 1.67 bits per heavy atom. The topological polar surface area (TPSA) is 20.2 Å². The molecule has 0 aliphatic carbocycles. The number of thiol groups is 1. The summed E-state index contributed by atoms with van der Waals surface area (Å²) >= 11 is 4.34. The van der Waals surface area contributed by atoms with E-state index in [1.54, 1.807) is 0 Å². The molecule has 15 heavy (non-hydrogen) atoms. The van der Waals surface area contributed by atoms with E-state index in [0.29, 0.717) is 0 Å². The van der Waals surface area contributed by atoms with Crippen molar-refractivity contribution >= 4 is 12.6 Å². The molecule has 0 saturated heterocycles. The van der Waals surface area contributed by atoms with Gasteiger partial charge < -0.3 is 5.11 Å². The maximum Gasteiger partial charge on any atom is 0.0692 e. The highest BCUT2D eigenvalue weighted by atomic mass is 32.1. The molecule has 0 atom stereocenters. The van der Waals surface area contributed by atoms with Gasteiger partial charge in [0.05, 0.1) is 6.61 Å². The van der Waals surface area contributed by atoms with Crippen molar-refractivity contribution in [3.05, 3.63) is 54.1 Å². The molecule has 2 heteroatoms. The van der Waals surface area contributed by atoms with Crippen LogP contribution in [0.3, 0.4) is 0 Å². The molecule has 2 aromatic rings. The molecule has 0 radical (unpaired) electrons. The lowest BCUT2D eigenvalue weighted by atomic mass is 10.0. The van der Waals surface area contributed by atoms with E-state index in [9.17, 15) is 0 Å². The summed E-state index contributed by atoms with van der Waals surface area (Å²) in [5.41, 5.74) is 3.15. The molecule has 0 fully saturated rings. The Morgan fingerprint density at radius 3 is 2.27 bits per heavy atom. The van der Waals surface area contributed by atoms with Gasteiger partial charge in [0.25, 0.3) is 0 Å². The highest BCUT2D eigenvalue weighted by molar-refractivity contribution is 7.80. The first kappa shape index (κ1) is 10.3. The molecule has 0 aromatic heterocycles. The quantitative estimate of drug-likeness (QED) is 0.739. The lowest BCUT2D eigenvalue weighted by Gasteiger charge is -2.05. The molecule has 1 nitrogen and oxygen atoms in total. The smallest absolute Gasteiger partial charge is 0.0692 e. The van der Waals surface area contributed by atoms with Crippen LogP contribution in [0.4, 0.5) is 0 Å². The fraction of sp³-hybridized carbons (Fsp3) is 0.0769. The van der Waals surface area contributed by atoms with Gasteiger partial charge in [0.15, 0.2) is 0 Å². The molecule has 0 heterocycles. The molecule has 0 aliphatic rings. The van der Waals surface area contributed by atoms with E-state index in [4.69, 9.17) is 5.11 Å². The van der Waals surface area contributed by atoms with Gasteiger partial charge in [-0.15, -0.1) is 12.6 Å². The first-order valence-electron chi connectivity index (χ1n) is 4.79. The van der Waals surface area contributed by atoms with Crippen LogP contribution in [-0.4, -0.2) is 5.11 Å². The summed E-state index contributed by atoms with van der Waals surface area (Å²) in [6, 6.07) is 16.0. The lowest BCUT2D eigenvalue weighted by molar-refractivity contribution is 0.279. The minimum absolute atomic E-state index is 0.0356. The zero-order chi connectivity index (χ0) is 10.7. The molecule has 0 spiro atoms. The van der Waals surface area contributed by atoms with Crippen LogP contribution in [0.15, 0.2) is 53.4 Å². The predicted molar refractivity (Wildman–Crippen MR) is 65.1 cm³/mol. The maximum atomic E-state index is 9.03. The maximum absolute atomic E-state index is 9.03. The van der Waals surface area contributed by atoms with Crippen LogP contribution in [0.25, 0.3) is 11.1 Å². The highest BCUT2D eigenvalue weighted by Crippen LogP contribution is 2.24. The van der Waals surface area contributed by atoms with E-state index in [-0.39, 0.29) is 6.61 Å². The molecule has 2 rings (SSSR count). The summed E-state index contributed by atoms with van der Waals surface area (Å²) in [5, 5.41) is 9.03. The number of aliphatic hydroxyl groups excluding tert-OH is 1. The molecule has 2 aromatic carbocycles. The molecular weight excluding hydrogens is 204 g/mol. The van der Waals surface area contributed by atoms with Gasteiger partial charge >= 0.3 is 0 Å². The van der Waals surface area contributed by atoms with Gasteiger partial charge in [-0.1, -0.05) is 42.5 Å². The van der Waals surface area contributed by atoms with Crippen molar-refractivity contribution in [2.24, 2.45) is 0 Å². The SMILES string of the molecule is OCc1ccc(-c2ccccc2)cc1S. The Morgan fingerprint density at radius 1 is 0.933 bits per heavy atom. The summed E-state index contributed by atoms with van der Waals surface area (Å²) in [5.74, 6) is 0. The van der Waals surface area contributed by atoms with Gasteiger partial charge in [-0.25, -0.2) is 0 Å². The first-order chi connectivity index (χ1) is 7.31. The van der Waals surface area contributed by atoms with Crippen LogP contribution in [-0.2, 0) is 6.61 Å². The van der Waals surface area contributed by atoms with Gasteiger partial charge in [-0.3, -0.25) is 0 Å². The van der Waals surface area contributed by atoms with Crippen LogP contribution < -0.4 is 0 Å². The van der Waals surface area contributed by atoms with Crippen molar-refractivity contribution in [2.75, 3.05) is 0 Å². The minimum Gasteiger partial charge on any atom is -0.392 e. The largest absolute Gasteiger partial charge is 0.392 e. The number of hydrogen-bond acceptors (Lipinski definition) is 2. The highest BCUT2D eigenvalue weighted by Gasteiger charge is 2.01. The second-order valence-corrected chi connectivity index (χ2v) is 3.85. The van der Waals surface area contributed by atoms with Crippen molar-refractivity contribution < 1.29 is 5.11 Å². The fourth-order valence-electron chi connectivity index (χ4n) is 1.51. The summed E-state index contributed by atoms with van der Waals surface area (Å²) in [6.45, 7) is 0.0356. The van der Waals surface area contributed by atoms with E-state index < -0.39 is 0 Å². The van der Waals surface area contributed by atoms with Crippen molar-refractivity contribution in [1.29, 1.82) is 0 Å². The molecule has 76 valence electrons. The second kappa shape index (κ2) is 4.51. The van der Waals surface area contributed by atoms with Gasteiger partial charge in [-0.2, -0.15) is 0 Å². The van der Waals surface area contributed by atoms with E-state index in [1.807, 2.05) is 36.4 Å². The zero-order valence-electron chi connectivity index (χ0n) is 8.22. The van der Waals surface area contributed by atoms with E-state index >= 15 is 0 Å². The third-order valence-electron chi connectivity index (χ3n) is 2.36. The number of hydrogen-bond donors (Lipinski definition) is 2. The Kier molecular flexibility index (Phi) is 3.09. The van der Waals surface area contributed by atoms with Gasteiger partial charge in [0, 0.05) is 4.90 Å². The molecular formula is C13H12OS. The molecule has 0 aliphatic heterocycles. The van der Waals surface area contributed by atoms with E-state index in [0.717, 1.165) is 21.6 Å². The van der Waals surface area contributed by atoms with Crippen LogP contribution in [0.2, 0.25) is 0 Å². The zero-order valence-corrected chi connectivity index (χ0v) is 9.11. The average molecular weight is 216 g/mol. The number of aliphatic hydroxyl groups is 1. The number of benzene rings is 2. The Balaban J connectivity index is 2.43. The van der Waals surface area contributed by atoms with Crippen molar-refractivity contribution in [3.8, 4) is 11.1 Å². The van der Waals surface area contributed by atoms with Crippen molar-refractivity contribution in [3.63, 3.8) is 0 Å². The van der Waals surface area contributed by atoms with Crippen molar-refractivity contribution in [2.45, 2.75) is 11.5 Å². The van der Waals surface area contributed by atoms with Gasteiger partial charge in [-0.05, 0) is 22.8 Å². The average Bonchev–Trinajstić information content (AvgIpc) is 2.30. The molecule has 0 unspecified atom stereocenters. The van der Waals surface area contributed by atoms with Gasteiger partial charge in [0.2, 0.25) is 0 Å². The van der Waals surface area contributed by atoms with Crippen LogP contribution >= 0.6 is 12.6 Å². The van der Waals surface area contributed by atoms with Crippen molar-refractivity contribution in [1.82, 2.24) is 0 Å². The number of rotatable bonds is 2. The third-order valence-corrected chi connectivity index (χ3v) is 2.78. The normalized spacial score (nSPS) is 10.3. The summed E-state index contributed by atoms with van der Waals surface area (Å²) in [4.78, 5) is 0.832. The van der Waals surface area contributed by atoms with Gasteiger partial charge in [0.1, 0.15) is 0 Å². The molecule has 1 N–H and O–H groups in total. The van der Waals surface area contributed by atoms with E-state index in [1.165, 1.54) is 0 Å². The van der Waals surface area contributed by atoms with E-state index in [2.05, 4.69) is 24.8 Å². The monoisotopic (exact) mass is 216 g/mol. The van der Waals surface area contributed by atoms with Crippen LogP contribution in [0.5, 0.6) is 0 Å². The summed E-state index contributed by atoms with van der Waals surface area (Å²) in [7, 11) is 0. The summed E-state index contributed by atoms with van der Waals surface area (Å²) in [6.07, 6.45) is 0. The Labute approximate surface area is 94.8 Å². The van der Waals surface area contributed by atoms with Crippen LogP contribution in [0, 0.1) is 0 Å². The third kappa shape index (κ3) is 2.22. The minimum atomic E-state index is 0.0356. The van der Waals surface area contributed by atoms with Crippen LogP contribution in [0.1, 0.15) is 5.56 Å². The lowest BCUT2D eigenvalue weighted by Crippen LogP contribution is -1.86. The Hall–Kier alpha value is -1.25. The standard InChI is InChI=1S/C13H12OS/c14-9-12-7-6-11(8-13(12)15)10-4-2-1-3-5-10/h1-8,14-15H,9H2.